The van der Waals surface area contributed by atoms with Gasteiger partial charge in [-0.25, -0.2) is 4.61 Å². The lowest BCUT2D eigenvalue weighted by molar-refractivity contribution is 0.833. The lowest BCUT2D eigenvalue weighted by Gasteiger charge is -1.90. The minimum atomic E-state index is -2.01. The molecule has 0 unspecified atom stereocenters. The van der Waals surface area contributed by atoms with Crippen LogP contribution in [-0.2, 0) is 0 Å². The summed E-state index contributed by atoms with van der Waals surface area (Å²) >= 11 is 0. The predicted octanol–water partition coefficient (Wildman–Crippen LogP) is 1.51. The zero-order chi connectivity index (χ0) is 8.74. The van der Waals surface area contributed by atoms with Crippen LogP contribution in [0.15, 0.2) is 30.6 Å². The van der Waals surface area contributed by atoms with Crippen molar-refractivity contribution < 1.29 is 0 Å². The smallest absolute Gasteiger partial charge is 0.0452 e. The van der Waals surface area contributed by atoms with Gasteiger partial charge in [-0.15, -0.1) is 0 Å². The Morgan fingerprint density at radius 3 is 2.09 bits per heavy atom. The summed E-state index contributed by atoms with van der Waals surface area (Å²) < 4.78 is 12.4. The summed E-state index contributed by atoms with van der Waals surface area (Å²) in [5.41, 5.74) is 0. The minimum Gasteiger partial charge on any atom is -0.303 e. The quantitative estimate of drug-likeness (QED) is 0.389. The molecule has 8 nitrogen and oxygen atoms in total. The highest BCUT2D eigenvalue weighted by molar-refractivity contribution is 8.19. The molecule has 0 fully saturated rings. The topological polar surface area (TPSA) is 124 Å². The van der Waals surface area contributed by atoms with Crippen LogP contribution >= 0.6 is 9.84 Å². The molecule has 0 rings (SSSR count). The van der Waals surface area contributed by atoms with Crippen molar-refractivity contribution in [2.75, 3.05) is 12.5 Å². The summed E-state index contributed by atoms with van der Waals surface area (Å²) in [7, 11) is -2.01. The van der Waals surface area contributed by atoms with E-state index in [4.69, 9.17) is 4.61 Å². The van der Waals surface area contributed by atoms with Gasteiger partial charge in [0.2, 0.25) is 0 Å². The summed E-state index contributed by atoms with van der Waals surface area (Å²) in [6.07, 6.45) is 3.05. The van der Waals surface area contributed by atoms with Crippen molar-refractivity contribution in [3.8, 4) is 0 Å². The van der Waals surface area contributed by atoms with Crippen molar-refractivity contribution in [3.63, 3.8) is 0 Å². The van der Waals surface area contributed by atoms with E-state index in [2.05, 4.69) is 36.5 Å². The zero-order valence-corrected chi connectivity index (χ0v) is 6.93. The van der Waals surface area contributed by atoms with Crippen LogP contribution in [0.4, 0.5) is 0 Å². The summed E-state index contributed by atoms with van der Waals surface area (Å²) in [4.78, 5) is 0. The molecule has 0 aromatic heterocycles. The van der Waals surface area contributed by atoms with Crippen LogP contribution in [0.5, 0.6) is 0 Å². The monoisotopic (exact) mass is 176 g/mol. The van der Waals surface area contributed by atoms with Gasteiger partial charge in [0, 0.05) is 22.4 Å². The third kappa shape index (κ3) is 8.66. The van der Waals surface area contributed by atoms with E-state index in [-0.39, 0.29) is 0 Å². The predicted molar refractivity (Wildman–Crippen MR) is 39.9 cm³/mol. The molecule has 0 spiro atoms. The third-order valence-electron chi connectivity index (χ3n) is 0.408. The zero-order valence-electron chi connectivity index (χ0n) is 6.12. The first-order valence-corrected chi connectivity index (χ1v) is 4.80. The Kier molecular flexibility index (Phi) is 3.93. The van der Waals surface area contributed by atoms with Crippen molar-refractivity contribution in [2.24, 2.45) is 36.5 Å². The van der Waals surface area contributed by atoms with Gasteiger partial charge in [-0.1, -0.05) is 9.74 Å². The minimum absolute atomic E-state index is 1.52. The molecule has 0 bridgehead atoms. The first-order chi connectivity index (χ1) is 5.06. The number of hydrogen-bond acceptors (Lipinski definition) is 3. The number of rotatable bonds is 2. The molecule has 2 N–H and O–H groups in total. The molecule has 0 saturated heterocycles. The molecule has 0 radical (unpaired) electrons. The lowest BCUT2D eigenvalue weighted by Crippen LogP contribution is -1.70. The molecule has 0 atom stereocenters. The molecule has 0 aliphatic carbocycles. The SMILES string of the molecule is CS(C)(#N)N=NN=NN=NN. The van der Waals surface area contributed by atoms with Crippen LogP contribution in [-0.4, -0.2) is 12.5 Å². The standard InChI is InChI=1S/C2H8N8S/c1-11(2,4)10-9-8-7-6-5-3/h1-2H3,(H2,3,6,8,10). The van der Waals surface area contributed by atoms with Crippen molar-refractivity contribution in [3.05, 3.63) is 0 Å². The molecule has 62 valence electrons. The maximum atomic E-state index is 9.02. The van der Waals surface area contributed by atoms with Crippen molar-refractivity contribution >= 4 is 9.84 Å². The highest BCUT2D eigenvalue weighted by Crippen LogP contribution is 2.22. The molecule has 0 amide bonds. The Hall–Kier alpha value is -1.34. The van der Waals surface area contributed by atoms with E-state index in [1.807, 2.05) is 0 Å². The maximum absolute atomic E-state index is 9.02. The van der Waals surface area contributed by atoms with Gasteiger partial charge in [-0.05, 0) is 20.9 Å². The van der Waals surface area contributed by atoms with E-state index in [1.54, 1.807) is 0 Å². The van der Waals surface area contributed by atoms with Crippen molar-refractivity contribution in [1.82, 2.24) is 0 Å². The Morgan fingerprint density at radius 1 is 1.09 bits per heavy atom. The van der Waals surface area contributed by atoms with Gasteiger partial charge in [0.25, 0.3) is 0 Å². The van der Waals surface area contributed by atoms with Crippen molar-refractivity contribution in [1.29, 1.82) is 4.61 Å². The average molecular weight is 176 g/mol. The third-order valence-corrected chi connectivity index (χ3v) is 0.881. The molecule has 0 aliphatic heterocycles. The highest BCUT2D eigenvalue weighted by Gasteiger charge is 1.90. The second kappa shape index (κ2) is 4.47. The number of hydrogen-bond donors (Lipinski definition) is 1. The summed E-state index contributed by atoms with van der Waals surface area (Å²) in [5, 5.41) is 14.9. The number of nitrogens with zero attached hydrogens (tertiary/aromatic N) is 7. The average Bonchev–Trinajstić information content (AvgIpc) is 1.85. The van der Waals surface area contributed by atoms with Crippen LogP contribution in [0, 0.1) is 4.61 Å². The first kappa shape index (κ1) is 9.66. The molecular formula is C2H8N8S. The fourth-order valence-electron chi connectivity index (χ4n) is 0.165. The Bertz CT molecular complexity index is 267. The summed E-state index contributed by atoms with van der Waals surface area (Å²) in [6, 6.07) is 0. The van der Waals surface area contributed by atoms with Crippen LogP contribution < -0.4 is 5.84 Å². The maximum Gasteiger partial charge on any atom is 0.0452 e. The fourth-order valence-corrected chi connectivity index (χ4v) is 0.376. The largest absolute Gasteiger partial charge is 0.303 e. The molecule has 0 saturated carbocycles. The molecule has 0 aromatic rings. The molecule has 11 heavy (non-hydrogen) atoms. The molecule has 0 aliphatic rings. The van der Waals surface area contributed by atoms with Crippen molar-refractivity contribution in [2.45, 2.75) is 0 Å². The first-order valence-electron chi connectivity index (χ1n) is 2.44. The Balaban J connectivity index is 3.91. The molecular weight excluding hydrogens is 168 g/mol. The Labute approximate surface area is 64.3 Å². The van der Waals surface area contributed by atoms with E-state index in [0.717, 1.165) is 0 Å². The van der Waals surface area contributed by atoms with Crippen LogP contribution in [0.3, 0.4) is 0 Å². The van der Waals surface area contributed by atoms with Gasteiger partial charge < -0.3 is 5.84 Å². The van der Waals surface area contributed by atoms with E-state index < -0.39 is 9.84 Å². The van der Waals surface area contributed by atoms with Gasteiger partial charge in [0.15, 0.2) is 0 Å². The van der Waals surface area contributed by atoms with Gasteiger partial charge >= 0.3 is 0 Å². The van der Waals surface area contributed by atoms with Gasteiger partial charge in [-0.3, -0.25) is 0 Å². The van der Waals surface area contributed by atoms with Gasteiger partial charge in [0.05, 0.1) is 0 Å². The van der Waals surface area contributed by atoms with E-state index in [1.165, 1.54) is 12.5 Å². The number of nitrogens with two attached hydrogens (primary N) is 1. The van der Waals surface area contributed by atoms with Gasteiger partial charge in [0.1, 0.15) is 0 Å². The van der Waals surface area contributed by atoms with Crippen LogP contribution in [0.2, 0.25) is 0 Å². The molecule has 9 heteroatoms. The second-order valence-electron chi connectivity index (χ2n) is 1.78. The van der Waals surface area contributed by atoms with E-state index in [9.17, 15) is 0 Å². The van der Waals surface area contributed by atoms with Gasteiger partial charge in [-0.2, -0.15) is 0 Å². The molecule has 0 heterocycles. The van der Waals surface area contributed by atoms with E-state index in [0.29, 0.717) is 0 Å². The lowest BCUT2D eigenvalue weighted by atomic mass is 11.9. The summed E-state index contributed by atoms with van der Waals surface area (Å²) in [5.74, 6) is 4.58. The summed E-state index contributed by atoms with van der Waals surface area (Å²) in [6.45, 7) is 0. The normalized spacial score (nSPS) is 13.9. The highest BCUT2D eigenvalue weighted by atomic mass is 32.2. The van der Waals surface area contributed by atoms with E-state index >= 15 is 0 Å². The Morgan fingerprint density at radius 2 is 1.64 bits per heavy atom. The fraction of sp³-hybridized carbons (Fsp3) is 1.00. The second-order valence-corrected chi connectivity index (χ2v) is 4.38. The van der Waals surface area contributed by atoms with Crippen LogP contribution in [0.25, 0.3) is 0 Å². The molecule has 0 aromatic carbocycles. The van der Waals surface area contributed by atoms with Crippen LogP contribution in [0.1, 0.15) is 0 Å².